The number of hydrogen-bond donors (Lipinski definition) is 2. The molecule has 1 aromatic rings. The van der Waals surface area contributed by atoms with E-state index in [4.69, 9.17) is 4.74 Å². The molecule has 2 N–H and O–H groups in total. The molecule has 0 atom stereocenters. The average Bonchev–Trinajstić information content (AvgIpc) is 2.48. The number of rotatable bonds is 5. The van der Waals surface area contributed by atoms with E-state index in [1.54, 1.807) is 6.82 Å². The van der Waals surface area contributed by atoms with Gasteiger partial charge in [0.15, 0.2) is 0 Å². The summed E-state index contributed by atoms with van der Waals surface area (Å²) in [6.45, 7) is 1.94. The molecule has 0 heterocycles. The molecule has 1 fully saturated rings. The van der Waals surface area contributed by atoms with Gasteiger partial charge in [-0.2, -0.15) is 0 Å². The zero-order valence-electron chi connectivity index (χ0n) is 13.4. The molecular weight excluding hydrogens is 277 g/mol. The van der Waals surface area contributed by atoms with Crippen molar-refractivity contribution in [1.82, 2.24) is 5.23 Å². The molecule has 0 aliphatic heterocycles. The Morgan fingerprint density at radius 1 is 1.18 bits per heavy atom. The number of esters is 1. The first-order valence-corrected chi connectivity index (χ1v) is 8.29. The Hall–Kier alpha value is -1.33. The molecule has 22 heavy (non-hydrogen) atoms. The maximum Gasteiger partial charge on any atom is 0.374 e. The first kappa shape index (κ1) is 17.0. The minimum Gasteiger partial charge on any atom is -0.459 e. The van der Waals surface area contributed by atoms with Gasteiger partial charge in [0.05, 0.1) is 0 Å². The smallest absolute Gasteiger partial charge is 0.374 e. The fourth-order valence-corrected chi connectivity index (χ4v) is 3.18. The highest BCUT2D eigenvalue weighted by molar-refractivity contribution is 6.46. The lowest BCUT2D eigenvalue weighted by molar-refractivity contribution is -0.153. The molecule has 5 heteroatoms. The van der Waals surface area contributed by atoms with Gasteiger partial charge < -0.3 is 15.0 Å². The monoisotopic (exact) mass is 303 g/mol. The lowest BCUT2D eigenvalue weighted by Crippen LogP contribution is -2.58. The third kappa shape index (κ3) is 4.85. The summed E-state index contributed by atoms with van der Waals surface area (Å²) in [5.41, 5.74) is 0.234. The van der Waals surface area contributed by atoms with Gasteiger partial charge in [0, 0.05) is 0 Å². The molecule has 1 saturated carbocycles. The second kappa shape index (κ2) is 8.35. The highest BCUT2D eigenvalue weighted by atomic mass is 16.5. The van der Waals surface area contributed by atoms with Gasteiger partial charge in [-0.05, 0) is 25.2 Å². The van der Waals surface area contributed by atoms with Crippen LogP contribution in [0.4, 0.5) is 0 Å². The molecule has 0 unspecified atom stereocenters. The molecule has 0 radical (unpaired) electrons. The first-order valence-electron chi connectivity index (χ1n) is 8.29. The van der Waals surface area contributed by atoms with Gasteiger partial charge in [0.25, 0.3) is 0 Å². The van der Waals surface area contributed by atoms with Crippen LogP contribution in [0, 0.1) is 0 Å². The first-order chi connectivity index (χ1) is 10.6. The van der Waals surface area contributed by atoms with Gasteiger partial charge in [-0.1, -0.05) is 62.4 Å². The number of carbonyl (C=O) groups excluding carboxylic acids is 1. The molecule has 0 saturated heterocycles. The van der Waals surface area contributed by atoms with E-state index < -0.39 is 12.6 Å². The summed E-state index contributed by atoms with van der Waals surface area (Å²) in [4.78, 5) is 12.7. The average molecular weight is 303 g/mol. The van der Waals surface area contributed by atoms with Crippen molar-refractivity contribution >= 4 is 13.0 Å². The third-order valence-electron chi connectivity index (χ3n) is 4.30. The Morgan fingerprint density at radius 3 is 2.36 bits per heavy atom. The SMILES string of the molecule is CB(O)NC1(C(=O)OCc2ccccc2)CCCCCCC1. The maximum absolute atomic E-state index is 12.7. The Labute approximate surface area is 133 Å². The summed E-state index contributed by atoms with van der Waals surface area (Å²) in [7, 11) is -0.719. The van der Waals surface area contributed by atoms with Crippen LogP contribution in [0.5, 0.6) is 0 Å². The van der Waals surface area contributed by atoms with Gasteiger partial charge in [0.1, 0.15) is 12.1 Å². The molecule has 120 valence electrons. The number of benzene rings is 1. The van der Waals surface area contributed by atoms with Gasteiger partial charge in [0.2, 0.25) is 0 Å². The summed E-state index contributed by atoms with van der Waals surface area (Å²) in [6.07, 6.45) is 6.92. The lowest BCUT2D eigenvalue weighted by atomic mass is 9.76. The summed E-state index contributed by atoms with van der Waals surface area (Å²) in [5, 5.41) is 12.8. The van der Waals surface area contributed by atoms with E-state index in [1.807, 2.05) is 30.3 Å². The van der Waals surface area contributed by atoms with Crippen molar-refractivity contribution < 1.29 is 14.6 Å². The van der Waals surface area contributed by atoms with Crippen molar-refractivity contribution in [2.75, 3.05) is 0 Å². The standard InChI is InChI=1S/C17H26BNO3/c1-18(21)19-17(12-8-3-2-4-9-13-17)16(20)22-14-15-10-6-5-7-11-15/h5-7,10-11,19,21H,2-4,8-9,12-14H2,1H3. The lowest BCUT2D eigenvalue weighted by Gasteiger charge is -2.35. The Morgan fingerprint density at radius 2 is 1.77 bits per heavy atom. The minimum absolute atomic E-state index is 0.237. The molecule has 4 nitrogen and oxygen atoms in total. The number of ether oxygens (including phenoxy) is 1. The van der Waals surface area contributed by atoms with Crippen LogP contribution in [0.15, 0.2) is 30.3 Å². The van der Waals surface area contributed by atoms with Crippen molar-refractivity contribution in [3.8, 4) is 0 Å². The van der Waals surface area contributed by atoms with Crippen LogP contribution < -0.4 is 5.23 Å². The molecule has 0 bridgehead atoms. The van der Waals surface area contributed by atoms with Crippen LogP contribution in [-0.2, 0) is 16.1 Å². The Bertz CT molecular complexity index is 456. The van der Waals surface area contributed by atoms with E-state index in [1.165, 1.54) is 6.42 Å². The predicted octanol–water partition coefficient (Wildman–Crippen LogP) is 2.91. The number of carbonyl (C=O) groups is 1. The van der Waals surface area contributed by atoms with E-state index in [-0.39, 0.29) is 12.6 Å². The van der Waals surface area contributed by atoms with Gasteiger partial charge in [-0.3, -0.25) is 4.79 Å². The van der Waals surface area contributed by atoms with Crippen LogP contribution in [0.25, 0.3) is 0 Å². The normalized spacial score (nSPS) is 18.1. The highest BCUT2D eigenvalue weighted by Gasteiger charge is 2.40. The summed E-state index contributed by atoms with van der Waals surface area (Å²) >= 11 is 0. The van der Waals surface area contributed by atoms with Gasteiger partial charge in [-0.15, -0.1) is 0 Å². The number of nitrogens with one attached hydrogen (secondary N) is 1. The Kier molecular flexibility index (Phi) is 6.46. The molecule has 0 aromatic heterocycles. The van der Waals surface area contributed by atoms with Crippen molar-refractivity contribution in [2.45, 2.75) is 63.9 Å². The van der Waals surface area contributed by atoms with E-state index in [0.29, 0.717) is 0 Å². The van der Waals surface area contributed by atoms with Crippen molar-refractivity contribution in [2.24, 2.45) is 0 Å². The largest absolute Gasteiger partial charge is 0.459 e. The van der Waals surface area contributed by atoms with Gasteiger partial charge in [-0.25, -0.2) is 0 Å². The molecular formula is C17H26BNO3. The van der Waals surface area contributed by atoms with E-state index in [9.17, 15) is 9.82 Å². The molecule has 0 spiro atoms. The second-order valence-corrected chi connectivity index (χ2v) is 6.23. The van der Waals surface area contributed by atoms with E-state index >= 15 is 0 Å². The molecule has 0 amide bonds. The van der Waals surface area contributed by atoms with Crippen molar-refractivity contribution in [1.29, 1.82) is 0 Å². The van der Waals surface area contributed by atoms with Crippen LogP contribution in [0.2, 0.25) is 6.82 Å². The Balaban J connectivity index is 2.04. The molecule has 1 aromatic carbocycles. The molecule has 1 aliphatic carbocycles. The third-order valence-corrected chi connectivity index (χ3v) is 4.30. The second-order valence-electron chi connectivity index (χ2n) is 6.23. The van der Waals surface area contributed by atoms with Crippen LogP contribution in [0.1, 0.15) is 50.5 Å². The maximum atomic E-state index is 12.7. The predicted molar refractivity (Wildman–Crippen MR) is 88.3 cm³/mol. The van der Waals surface area contributed by atoms with Crippen LogP contribution in [0.3, 0.4) is 0 Å². The summed E-state index contributed by atoms with van der Waals surface area (Å²) in [6, 6.07) is 9.70. The fraction of sp³-hybridized carbons (Fsp3) is 0.588. The minimum atomic E-state index is -0.747. The van der Waals surface area contributed by atoms with Crippen molar-refractivity contribution in [3.63, 3.8) is 0 Å². The quantitative estimate of drug-likeness (QED) is 0.648. The van der Waals surface area contributed by atoms with E-state index in [2.05, 4.69) is 5.23 Å². The zero-order chi connectivity index (χ0) is 15.8. The zero-order valence-corrected chi connectivity index (χ0v) is 13.4. The summed E-state index contributed by atoms with van der Waals surface area (Å²) in [5.74, 6) is -0.237. The fourth-order valence-electron chi connectivity index (χ4n) is 3.18. The summed E-state index contributed by atoms with van der Waals surface area (Å²) < 4.78 is 5.56. The van der Waals surface area contributed by atoms with Gasteiger partial charge >= 0.3 is 13.0 Å². The topological polar surface area (TPSA) is 58.6 Å². The van der Waals surface area contributed by atoms with Crippen molar-refractivity contribution in [3.05, 3.63) is 35.9 Å². The van der Waals surface area contributed by atoms with Crippen LogP contribution >= 0.6 is 0 Å². The van der Waals surface area contributed by atoms with Crippen LogP contribution in [-0.4, -0.2) is 23.6 Å². The highest BCUT2D eigenvalue weighted by Crippen LogP contribution is 2.28. The molecule has 1 aliphatic rings. The van der Waals surface area contributed by atoms with E-state index in [0.717, 1.165) is 44.1 Å². The number of hydrogen-bond acceptors (Lipinski definition) is 4. The molecule has 2 rings (SSSR count).